The molecule has 6 heteroatoms. The van der Waals surface area contributed by atoms with Crippen LogP contribution in [0.25, 0.3) is 0 Å². The number of hydrogen-bond donors (Lipinski definition) is 0. The highest BCUT2D eigenvalue weighted by Crippen LogP contribution is 2.19. The first kappa shape index (κ1) is 14.5. The van der Waals surface area contributed by atoms with Crippen molar-refractivity contribution < 1.29 is 19.2 Å². The van der Waals surface area contributed by atoms with Crippen LogP contribution in [0.1, 0.15) is 19.3 Å². The number of amides is 2. The fourth-order valence-corrected chi connectivity index (χ4v) is 1.92. The summed E-state index contributed by atoms with van der Waals surface area (Å²) in [6.07, 6.45) is 3.45. The summed E-state index contributed by atoms with van der Waals surface area (Å²) >= 11 is 0. The van der Waals surface area contributed by atoms with Crippen LogP contribution in [-0.2, 0) is 14.4 Å². The van der Waals surface area contributed by atoms with Gasteiger partial charge < -0.3 is 4.74 Å². The normalized spacial score (nSPS) is 19.2. The predicted molar refractivity (Wildman–Crippen MR) is 65.7 cm³/mol. The van der Waals surface area contributed by atoms with Crippen molar-refractivity contribution in [2.24, 2.45) is 0 Å². The van der Waals surface area contributed by atoms with E-state index in [9.17, 15) is 9.59 Å². The number of ether oxygens (including phenoxy) is 1. The maximum absolute atomic E-state index is 12.0. The molecule has 0 aromatic heterocycles. The van der Waals surface area contributed by atoms with Gasteiger partial charge >= 0.3 is 6.09 Å². The van der Waals surface area contributed by atoms with Crippen LogP contribution >= 0.6 is 0 Å². The summed E-state index contributed by atoms with van der Waals surface area (Å²) in [5.41, 5.74) is 0. The van der Waals surface area contributed by atoms with Gasteiger partial charge in [-0.05, 0) is 19.3 Å². The molecule has 102 valence electrons. The Balaban J connectivity index is 2.70. The van der Waals surface area contributed by atoms with Gasteiger partial charge in [0.25, 0.3) is 5.91 Å². The molecule has 1 rings (SSSR count). The molecule has 0 N–H and O–H groups in total. The Kier molecular flexibility index (Phi) is 5.64. The van der Waals surface area contributed by atoms with Gasteiger partial charge in [-0.1, -0.05) is 12.7 Å². The number of hydroxylamine groups is 2. The molecule has 0 aromatic rings. The van der Waals surface area contributed by atoms with E-state index in [2.05, 4.69) is 6.58 Å². The molecule has 0 radical (unpaired) electrons. The number of carbonyl (C=O) groups is 2. The van der Waals surface area contributed by atoms with Crippen LogP contribution in [-0.4, -0.2) is 55.3 Å². The van der Waals surface area contributed by atoms with Crippen LogP contribution < -0.4 is 0 Å². The third-order valence-corrected chi connectivity index (χ3v) is 2.93. The molecule has 1 fully saturated rings. The van der Waals surface area contributed by atoms with Crippen molar-refractivity contribution in [3.8, 4) is 0 Å². The van der Waals surface area contributed by atoms with E-state index in [-0.39, 0.29) is 12.5 Å². The van der Waals surface area contributed by atoms with Gasteiger partial charge in [-0.15, -0.1) is 0 Å². The second-order valence-corrected chi connectivity index (χ2v) is 4.09. The van der Waals surface area contributed by atoms with Gasteiger partial charge in [0.05, 0.1) is 7.11 Å². The lowest BCUT2D eigenvalue weighted by molar-refractivity contribution is -0.175. The molecule has 0 saturated carbocycles. The first-order chi connectivity index (χ1) is 8.61. The molecule has 1 heterocycles. The Morgan fingerprint density at radius 2 is 2.22 bits per heavy atom. The molecule has 18 heavy (non-hydrogen) atoms. The number of piperidine rings is 1. The van der Waals surface area contributed by atoms with Crippen molar-refractivity contribution in [3.05, 3.63) is 12.7 Å². The Bertz CT molecular complexity index is 319. The molecule has 1 aliphatic rings. The van der Waals surface area contributed by atoms with Gasteiger partial charge in [0, 0.05) is 13.6 Å². The van der Waals surface area contributed by atoms with Gasteiger partial charge in [-0.25, -0.2) is 9.86 Å². The van der Waals surface area contributed by atoms with Crippen molar-refractivity contribution in [1.82, 2.24) is 9.96 Å². The topological polar surface area (TPSA) is 59.1 Å². The maximum atomic E-state index is 12.0. The van der Waals surface area contributed by atoms with E-state index >= 15 is 0 Å². The van der Waals surface area contributed by atoms with E-state index in [0.717, 1.165) is 17.9 Å². The van der Waals surface area contributed by atoms with E-state index in [1.165, 1.54) is 25.1 Å². The van der Waals surface area contributed by atoms with Crippen molar-refractivity contribution in [3.63, 3.8) is 0 Å². The van der Waals surface area contributed by atoms with E-state index < -0.39 is 12.1 Å². The quantitative estimate of drug-likeness (QED) is 0.560. The summed E-state index contributed by atoms with van der Waals surface area (Å²) in [5.74, 6) is -0.229. The SMILES string of the molecule is C=CCOC(=O)N1CCCC[C@H]1C(=O)N(C)OC. The lowest BCUT2D eigenvalue weighted by Crippen LogP contribution is -2.52. The summed E-state index contributed by atoms with van der Waals surface area (Å²) in [4.78, 5) is 30.2. The Labute approximate surface area is 107 Å². The lowest BCUT2D eigenvalue weighted by Gasteiger charge is -2.35. The van der Waals surface area contributed by atoms with Crippen molar-refractivity contribution in [1.29, 1.82) is 0 Å². The molecule has 0 aliphatic carbocycles. The molecular weight excluding hydrogens is 236 g/mol. The van der Waals surface area contributed by atoms with Gasteiger partial charge in [0.15, 0.2) is 0 Å². The van der Waals surface area contributed by atoms with E-state index in [4.69, 9.17) is 9.57 Å². The molecule has 0 bridgehead atoms. The van der Waals surface area contributed by atoms with Gasteiger partial charge in [-0.3, -0.25) is 14.5 Å². The number of rotatable bonds is 4. The molecule has 1 saturated heterocycles. The Morgan fingerprint density at radius 3 is 2.83 bits per heavy atom. The van der Waals surface area contributed by atoms with Crippen LogP contribution in [0.4, 0.5) is 4.79 Å². The summed E-state index contributed by atoms with van der Waals surface area (Å²) in [6.45, 7) is 4.16. The third kappa shape index (κ3) is 3.46. The molecule has 1 aliphatic heterocycles. The van der Waals surface area contributed by atoms with E-state index in [1.54, 1.807) is 0 Å². The zero-order chi connectivity index (χ0) is 13.5. The van der Waals surface area contributed by atoms with Crippen molar-refractivity contribution >= 4 is 12.0 Å². The lowest BCUT2D eigenvalue weighted by atomic mass is 10.0. The third-order valence-electron chi connectivity index (χ3n) is 2.93. The maximum Gasteiger partial charge on any atom is 0.410 e. The van der Waals surface area contributed by atoms with Crippen LogP contribution in [0.5, 0.6) is 0 Å². The smallest absolute Gasteiger partial charge is 0.410 e. The molecular formula is C12H20N2O4. The zero-order valence-electron chi connectivity index (χ0n) is 10.9. The summed E-state index contributed by atoms with van der Waals surface area (Å²) in [6, 6.07) is -0.499. The summed E-state index contributed by atoms with van der Waals surface area (Å²) in [7, 11) is 2.95. The molecule has 0 aromatic carbocycles. The number of likely N-dealkylation sites (tertiary alicyclic amines) is 1. The second kappa shape index (κ2) is 7.00. The highest BCUT2D eigenvalue weighted by Gasteiger charge is 2.34. The van der Waals surface area contributed by atoms with Crippen LogP contribution in [0.2, 0.25) is 0 Å². The number of carbonyl (C=O) groups excluding carboxylic acids is 2. The minimum atomic E-state index is -0.499. The van der Waals surface area contributed by atoms with Gasteiger partial charge in [0.1, 0.15) is 12.6 Å². The fourth-order valence-electron chi connectivity index (χ4n) is 1.92. The fraction of sp³-hybridized carbons (Fsp3) is 0.667. The molecule has 1 atom stereocenters. The van der Waals surface area contributed by atoms with Gasteiger partial charge in [-0.2, -0.15) is 0 Å². The predicted octanol–water partition coefficient (Wildman–Crippen LogP) is 1.18. The highest BCUT2D eigenvalue weighted by molar-refractivity contribution is 5.85. The van der Waals surface area contributed by atoms with E-state index in [1.807, 2.05) is 0 Å². The zero-order valence-corrected chi connectivity index (χ0v) is 10.9. The molecule has 2 amide bonds. The van der Waals surface area contributed by atoms with Crippen LogP contribution in [0, 0.1) is 0 Å². The Morgan fingerprint density at radius 1 is 1.50 bits per heavy atom. The molecule has 0 spiro atoms. The summed E-state index contributed by atoms with van der Waals surface area (Å²) in [5, 5.41) is 1.14. The minimum Gasteiger partial charge on any atom is -0.445 e. The van der Waals surface area contributed by atoms with Gasteiger partial charge in [0.2, 0.25) is 0 Å². The van der Waals surface area contributed by atoms with Crippen molar-refractivity contribution in [2.45, 2.75) is 25.3 Å². The summed E-state index contributed by atoms with van der Waals surface area (Å²) < 4.78 is 4.98. The molecule has 0 unspecified atom stereocenters. The first-order valence-corrected chi connectivity index (χ1v) is 5.97. The standard InChI is InChI=1S/C12H20N2O4/c1-4-9-18-12(16)14-8-6-5-7-10(14)11(15)13(2)17-3/h4,10H,1,5-9H2,2-3H3/t10-/m0/s1. The number of hydrogen-bond acceptors (Lipinski definition) is 4. The highest BCUT2D eigenvalue weighted by atomic mass is 16.7. The van der Waals surface area contributed by atoms with Crippen LogP contribution in [0.15, 0.2) is 12.7 Å². The largest absolute Gasteiger partial charge is 0.445 e. The minimum absolute atomic E-state index is 0.149. The average Bonchev–Trinajstić information content (AvgIpc) is 2.43. The van der Waals surface area contributed by atoms with E-state index in [0.29, 0.717) is 13.0 Å². The molecule has 6 nitrogen and oxygen atoms in total. The van der Waals surface area contributed by atoms with Crippen LogP contribution in [0.3, 0.4) is 0 Å². The average molecular weight is 256 g/mol. The monoisotopic (exact) mass is 256 g/mol. The second-order valence-electron chi connectivity index (χ2n) is 4.09. The first-order valence-electron chi connectivity index (χ1n) is 5.97. The Hall–Kier alpha value is -1.56. The van der Waals surface area contributed by atoms with Crippen molar-refractivity contribution in [2.75, 3.05) is 27.3 Å². The number of nitrogens with zero attached hydrogens (tertiary/aromatic N) is 2. The number of likely N-dealkylation sites (N-methyl/N-ethyl adjacent to an activating group) is 1.